The van der Waals surface area contributed by atoms with Gasteiger partial charge in [0, 0.05) is 0 Å². The lowest BCUT2D eigenvalue weighted by Crippen LogP contribution is -3.13. The summed E-state index contributed by atoms with van der Waals surface area (Å²) in [5, 5.41) is 0. The molecule has 3 heteroatoms. The highest BCUT2D eigenvalue weighted by molar-refractivity contribution is 5.39. The predicted molar refractivity (Wildman–Crippen MR) is 86.3 cm³/mol. The van der Waals surface area contributed by atoms with E-state index in [1.165, 1.54) is 38.9 Å². The zero-order valence-corrected chi connectivity index (χ0v) is 13.6. The van der Waals surface area contributed by atoms with Gasteiger partial charge in [-0.1, -0.05) is 19.1 Å². The van der Waals surface area contributed by atoms with Crippen LogP contribution < -0.4 is 14.4 Å². The molecule has 1 aromatic carbocycles. The van der Waals surface area contributed by atoms with Crippen molar-refractivity contribution >= 4 is 0 Å². The first-order valence-electron chi connectivity index (χ1n) is 8.47. The van der Waals surface area contributed by atoms with Crippen molar-refractivity contribution in [1.29, 1.82) is 0 Å². The van der Waals surface area contributed by atoms with E-state index in [0.29, 0.717) is 6.61 Å². The average Bonchev–Trinajstić information content (AvgIpc) is 2.51. The Kier molecular flexibility index (Phi) is 6.87. The molecule has 21 heavy (non-hydrogen) atoms. The SMILES string of the molecule is CCOc1ccccc1OCCCC[NH+]1CCC(C)CC1. The van der Waals surface area contributed by atoms with Gasteiger partial charge in [-0.2, -0.15) is 0 Å². The molecule has 1 fully saturated rings. The number of rotatable bonds is 8. The molecule has 1 heterocycles. The van der Waals surface area contributed by atoms with Crippen molar-refractivity contribution < 1.29 is 14.4 Å². The fourth-order valence-corrected chi connectivity index (χ4v) is 2.92. The fraction of sp³-hybridized carbons (Fsp3) is 0.667. The van der Waals surface area contributed by atoms with Crippen molar-refractivity contribution in [3.63, 3.8) is 0 Å². The van der Waals surface area contributed by atoms with Crippen molar-refractivity contribution in [3.05, 3.63) is 24.3 Å². The third-order valence-electron chi connectivity index (χ3n) is 4.31. The molecule has 0 spiro atoms. The molecule has 1 N–H and O–H groups in total. The molecule has 1 saturated heterocycles. The van der Waals surface area contributed by atoms with Gasteiger partial charge in [-0.15, -0.1) is 0 Å². The van der Waals surface area contributed by atoms with Gasteiger partial charge in [0.05, 0.1) is 32.8 Å². The van der Waals surface area contributed by atoms with Crippen molar-refractivity contribution in [3.8, 4) is 11.5 Å². The second-order valence-electron chi connectivity index (χ2n) is 6.12. The number of piperidine rings is 1. The van der Waals surface area contributed by atoms with E-state index in [2.05, 4.69) is 6.92 Å². The van der Waals surface area contributed by atoms with Crippen LogP contribution in [0.3, 0.4) is 0 Å². The Morgan fingerprint density at radius 1 is 1.05 bits per heavy atom. The van der Waals surface area contributed by atoms with E-state index >= 15 is 0 Å². The maximum atomic E-state index is 5.86. The Labute approximate surface area is 129 Å². The van der Waals surface area contributed by atoms with Gasteiger partial charge in [0.15, 0.2) is 11.5 Å². The summed E-state index contributed by atoms with van der Waals surface area (Å²) >= 11 is 0. The molecule has 0 bridgehead atoms. The van der Waals surface area contributed by atoms with E-state index in [9.17, 15) is 0 Å². The maximum Gasteiger partial charge on any atom is 0.161 e. The van der Waals surface area contributed by atoms with Crippen LogP contribution in [0.4, 0.5) is 0 Å². The number of nitrogens with one attached hydrogen (secondary N) is 1. The Morgan fingerprint density at radius 2 is 1.71 bits per heavy atom. The minimum absolute atomic E-state index is 0.678. The highest BCUT2D eigenvalue weighted by atomic mass is 16.5. The zero-order chi connectivity index (χ0) is 14.9. The molecule has 1 aromatic rings. The summed E-state index contributed by atoms with van der Waals surface area (Å²) < 4.78 is 11.4. The van der Waals surface area contributed by atoms with Crippen LogP contribution in [0.5, 0.6) is 11.5 Å². The zero-order valence-electron chi connectivity index (χ0n) is 13.6. The van der Waals surface area contributed by atoms with E-state index in [1.807, 2.05) is 31.2 Å². The van der Waals surface area contributed by atoms with Crippen LogP contribution in [-0.4, -0.2) is 32.8 Å². The van der Waals surface area contributed by atoms with Crippen LogP contribution in [0.1, 0.15) is 39.5 Å². The second kappa shape index (κ2) is 8.93. The Morgan fingerprint density at radius 3 is 2.38 bits per heavy atom. The summed E-state index contributed by atoms with van der Waals surface area (Å²) in [7, 11) is 0. The third-order valence-corrected chi connectivity index (χ3v) is 4.31. The number of unbranched alkanes of at least 4 members (excludes halogenated alkanes) is 1. The van der Waals surface area contributed by atoms with Crippen LogP contribution in [0.15, 0.2) is 24.3 Å². The molecule has 0 unspecified atom stereocenters. The standard InChI is InChI=1S/C18H29NO2/c1-3-20-17-8-4-5-9-18(17)21-15-7-6-12-19-13-10-16(2)11-14-19/h4-5,8-9,16H,3,6-7,10-15H2,1-2H3/p+1. The predicted octanol–water partition coefficient (Wildman–Crippen LogP) is 2.56. The van der Waals surface area contributed by atoms with E-state index < -0.39 is 0 Å². The van der Waals surface area contributed by atoms with Gasteiger partial charge in [-0.25, -0.2) is 0 Å². The fourth-order valence-electron chi connectivity index (χ4n) is 2.92. The third kappa shape index (κ3) is 5.58. The molecule has 1 aliphatic rings. The quantitative estimate of drug-likeness (QED) is 0.744. The molecule has 0 aliphatic carbocycles. The molecule has 3 nitrogen and oxygen atoms in total. The van der Waals surface area contributed by atoms with Gasteiger partial charge < -0.3 is 14.4 Å². The van der Waals surface area contributed by atoms with E-state index in [4.69, 9.17) is 9.47 Å². The highest BCUT2D eigenvalue weighted by Crippen LogP contribution is 2.26. The molecule has 0 saturated carbocycles. The number of quaternary nitrogens is 1. The van der Waals surface area contributed by atoms with E-state index in [1.54, 1.807) is 4.90 Å². The molecular weight excluding hydrogens is 262 g/mol. The lowest BCUT2D eigenvalue weighted by molar-refractivity contribution is -0.906. The minimum Gasteiger partial charge on any atom is -0.490 e. The van der Waals surface area contributed by atoms with Crippen LogP contribution in [-0.2, 0) is 0 Å². The molecule has 1 aliphatic heterocycles. The number of benzene rings is 1. The van der Waals surface area contributed by atoms with E-state index in [-0.39, 0.29) is 0 Å². The van der Waals surface area contributed by atoms with E-state index in [0.717, 1.165) is 30.4 Å². The number of hydrogen-bond donors (Lipinski definition) is 1. The highest BCUT2D eigenvalue weighted by Gasteiger charge is 2.17. The first-order chi connectivity index (χ1) is 10.3. The minimum atomic E-state index is 0.678. The van der Waals surface area contributed by atoms with Crippen LogP contribution in [0, 0.1) is 5.92 Å². The van der Waals surface area contributed by atoms with Gasteiger partial charge in [-0.05, 0) is 50.7 Å². The smallest absolute Gasteiger partial charge is 0.161 e. The molecule has 0 radical (unpaired) electrons. The summed E-state index contributed by atoms with van der Waals surface area (Å²) in [6.45, 7) is 9.85. The summed E-state index contributed by atoms with van der Waals surface area (Å²) in [5.74, 6) is 2.67. The molecule has 0 amide bonds. The van der Waals surface area contributed by atoms with Gasteiger partial charge in [-0.3, -0.25) is 0 Å². The summed E-state index contributed by atoms with van der Waals surface area (Å²) in [6.07, 6.45) is 5.17. The van der Waals surface area contributed by atoms with Crippen LogP contribution in [0.2, 0.25) is 0 Å². The van der Waals surface area contributed by atoms with Crippen LogP contribution in [0.25, 0.3) is 0 Å². The molecule has 0 aromatic heterocycles. The van der Waals surface area contributed by atoms with Crippen molar-refractivity contribution in [2.24, 2.45) is 5.92 Å². The van der Waals surface area contributed by atoms with Crippen molar-refractivity contribution in [2.75, 3.05) is 32.8 Å². The number of para-hydroxylation sites is 2. The summed E-state index contributed by atoms with van der Waals surface area (Å²) in [4.78, 5) is 1.78. The number of hydrogen-bond acceptors (Lipinski definition) is 2. The van der Waals surface area contributed by atoms with Crippen molar-refractivity contribution in [2.45, 2.75) is 39.5 Å². The largest absolute Gasteiger partial charge is 0.490 e. The summed E-state index contributed by atoms with van der Waals surface area (Å²) in [6, 6.07) is 7.94. The average molecular weight is 292 g/mol. The molecule has 118 valence electrons. The first-order valence-corrected chi connectivity index (χ1v) is 8.47. The Hall–Kier alpha value is -1.22. The Bertz CT molecular complexity index is 400. The van der Waals surface area contributed by atoms with Gasteiger partial charge in [0.25, 0.3) is 0 Å². The lowest BCUT2D eigenvalue weighted by atomic mass is 9.99. The normalized spacial score (nSPS) is 22.0. The maximum absolute atomic E-state index is 5.86. The topological polar surface area (TPSA) is 22.9 Å². The van der Waals surface area contributed by atoms with Crippen molar-refractivity contribution in [1.82, 2.24) is 0 Å². The molecule has 2 rings (SSSR count). The molecule has 0 atom stereocenters. The first kappa shape index (κ1) is 16.2. The Balaban J connectivity index is 1.61. The van der Waals surface area contributed by atoms with Gasteiger partial charge >= 0.3 is 0 Å². The number of ether oxygens (including phenoxy) is 2. The summed E-state index contributed by atoms with van der Waals surface area (Å²) in [5.41, 5.74) is 0. The molecular formula is C18H30NO2+. The monoisotopic (exact) mass is 292 g/mol. The van der Waals surface area contributed by atoms with Crippen LogP contribution >= 0.6 is 0 Å². The lowest BCUT2D eigenvalue weighted by Gasteiger charge is -2.27. The van der Waals surface area contributed by atoms with Gasteiger partial charge in [0.1, 0.15) is 0 Å². The second-order valence-corrected chi connectivity index (χ2v) is 6.12. The number of likely N-dealkylation sites (tertiary alicyclic amines) is 1. The van der Waals surface area contributed by atoms with Gasteiger partial charge in [0.2, 0.25) is 0 Å².